The second-order valence-corrected chi connectivity index (χ2v) is 3.83. The maximum absolute atomic E-state index is 12.8. The van der Waals surface area contributed by atoms with Crippen molar-refractivity contribution in [3.05, 3.63) is 28.5 Å². The summed E-state index contributed by atoms with van der Waals surface area (Å²) in [4.78, 5) is 3.53. The zero-order chi connectivity index (χ0) is 12.6. The molecule has 2 N–H and O–H groups in total. The van der Waals surface area contributed by atoms with Gasteiger partial charge < -0.3 is 5.73 Å². The predicted octanol–water partition coefficient (Wildman–Crippen LogP) is 3.46. The number of halogens is 7. The smallest absolute Gasteiger partial charge is 0.319 e. The lowest BCUT2D eigenvalue weighted by Crippen LogP contribution is -2.45. The van der Waals surface area contributed by atoms with Crippen LogP contribution in [-0.4, -0.2) is 17.1 Å². The fourth-order valence-electron chi connectivity index (χ4n) is 0.957. The number of nitrogens with two attached hydrogens (primary N) is 1. The van der Waals surface area contributed by atoms with Gasteiger partial charge in [-0.25, -0.2) is 4.98 Å². The summed E-state index contributed by atoms with van der Waals surface area (Å²) in [5, 5.41) is 0. The third kappa shape index (κ3) is 3.49. The zero-order valence-corrected chi connectivity index (χ0v) is 10.4. The normalized spacial score (nSPS) is 14.1. The molecule has 0 aliphatic heterocycles. The van der Waals surface area contributed by atoms with Gasteiger partial charge in [0.1, 0.15) is 10.6 Å². The Bertz CT molecular complexity index is 367. The van der Waals surface area contributed by atoms with Crippen LogP contribution in [-0.2, 0) is 0 Å². The summed E-state index contributed by atoms with van der Waals surface area (Å²) in [6, 6.07) is -0.170. The van der Waals surface area contributed by atoms with Crippen molar-refractivity contribution in [2.45, 2.75) is 18.1 Å². The molecule has 0 saturated heterocycles. The van der Waals surface area contributed by atoms with E-state index < -0.39 is 18.1 Å². The van der Waals surface area contributed by atoms with E-state index in [1.165, 1.54) is 6.07 Å². The average molecular weight is 342 g/mol. The summed E-state index contributed by atoms with van der Waals surface area (Å²) >= 11 is 2.92. The minimum absolute atomic E-state index is 0. The minimum Gasteiger partial charge on any atom is -0.319 e. The highest BCUT2D eigenvalue weighted by Crippen LogP contribution is 2.43. The molecule has 0 radical (unpaired) electrons. The summed E-state index contributed by atoms with van der Waals surface area (Å²) in [5.74, 6) is -4.98. The van der Waals surface area contributed by atoms with Gasteiger partial charge in [-0.15, -0.1) is 12.4 Å². The van der Waals surface area contributed by atoms with Gasteiger partial charge in [0, 0.05) is 6.20 Å². The maximum atomic E-state index is 12.8. The molecule has 17 heavy (non-hydrogen) atoms. The Morgan fingerprint density at radius 2 is 1.71 bits per heavy atom. The van der Waals surface area contributed by atoms with Gasteiger partial charge in [-0.2, -0.15) is 22.0 Å². The van der Waals surface area contributed by atoms with Gasteiger partial charge >= 0.3 is 12.1 Å². The van der Waals surface area contributed by atoms with Crippen molar-refractivity contribution in [3.8, 4) is 0 Å². The molecule has 2 nitrogen and oxygen atoms in total. The molecule has 0 aliphatic carbocycles. The van der Waals surface area contributed by atoms with Crippen molar-refractivity contribution in [3.63, 3.8) is 0 Å². The van der Waals surface area contributed by atoms with Crippen molar-refractivity contribution in [1.82, 2.24) is 4.98 Å². The van der Waals surface area contributed by atoms with E-state index in [2.05, 4.69) is 20.9 Å². The molecular formula is C8H7BrClF5N2. The first-order valence-electron chi connectivity index (χ1n) is 3.98. The van der Waals surface area contributed by atoms with Crippen LogP contribution >= 0.6 is 28.3 Å². The van der Waals surface area contributed by atoms with E-state index in [9.17, 15) is 22.0 Å². The van der Waals surface area contributed by atoms with Crippen LogP contribution in [0.15, 0.2) is 22.9 Å². The predicted molar refractivity (Wildman–Crippen MR) is 57.1 cm³/mol. The molecular weight excluding hydrogens is 334 g/mol. The zero-order valence-electron chi connectivity index (χ0n) is 8.01. The van der Waals surface area contributed by atoms with Crippen molar-refractivity contribution < 1.29 is 22.0 Å². The molecule has 1 atom stereocenters. The first-order valence-corrected chi connectivity index (χ1v) is 4.77. The molecule has 1 heterocycles. The summed E-state index contributed by atoms with van der Waals surface area (Å²) in [6.07, 6.45) is -4.81. The lowest BCUT2D eigenvalue weighted by molar-refractivity contribution is -0.291. The van der Waals surface area contributed by atoms with E-state index >= 15 is 0 Å². The van der Waals surface area contributed by atoms with Gasteiger partial charge in [0.25, 0.3) is 0 Å². The first kappa shape index (κ1) is 16.5. The maximum Gasteiger partial charge on any atom is 0.455 e. The van der Waals surface area contributed by atoms with E-state index in [1.807, 2.05) is 0 Å². The van der Waals surface area contributed by atoms with Crippen molar-refractivity contribution in [2.24, 2.45) is 5.73 Å². The Morgan fingerprint density at radius 1 is 1.18 bits per heavy atom. The number of hydrogen-bond acceptors (Lipinski definition) is 2. The van der Waals surface area contributed by atoms with E-state index in [1.54, 1.807) is 0 Å². The molecule has 1 aromatic rings. The van der Waals surface area contributed by atoms with Crippen molar-refractivity contribution >= 4 is 28.3 Å². The van der Waals surface area contributed by atoms with Crippen LogP contribution in [0.1, 0.15) is 11.6 Å². The molecule has 0 amide bonds. The van der Waals surface area contributed by atoms with Crippen LogP contribution < -0.4 is 5.73 Å². The second kappa shape index (κ2) is 5.45. The molecule has 0 aromatic carbocycles. The molecule has 0 saturated carbocycles. The first-order chi connectivity index (χ1) is 7.16. The third-order valence-electron chi connectivity index (χ3n) is 1.88. The number of nitrogens with zero attached hydrogens (tertiary/aromatic N) is 1. The lowest BCUT2D eigenvalue weighted by Gasteiger charge is -2.25. The third-order valence-corrected chi connectivity index (χ3v) is 2.35. The van der Waals surface area contributed by atoms with Gasteiger partial charge in [-0.1, -0.05) is 6.07 Å². The van der Waals surface area contributed by atoms with E-state index in [4.69, 9.17) is 5.73 Å². The number of aromatic nitrogens is 1. The molecule has 1 aromatic heterocycles. The standard InChI is InChI=1S/C8H6BrF5N2.ClH/c9-5-2-1-4(3-16-5)6(15)7(10,11)8(12,13)14;/h1-3,6H,15H2;1H/t6-;/m1./s1. The highest BCUT2D eigenvalue weighted by Gasteiger charge is 2.61. The highest BCUT2D eigenvalue weighted by molar-refractivity contribution is 9.10. The molecule has 98 valence electrons. The Balaban J connectivity index is 0.00000256. The fourth-order valence-corrected chi connectivity index (χ4v) is 1.19. The average Bonchev–Trinajstić information content (AvgIpc) is 2.16. The number of hydrogen-bond donors (Lipinski definition) is 1. The van der Waals surface area contributed by atoms with Crippen LogP contribution in [0.2, 0.25) is 0 Å². The van der Waals surface area contributed by atoms with E-state index in [0.29, 0.717) is 4.60 Å². The van der Waals surface area contributed by atoms with Gasteiger partial charge in [0.05, 0.1) is 0 Å². The van der Waals surface area contributed by atoms with Crippen LogP contribution in [0.4, 0.5) is 22.0 Å². The highest BCUT2D eigenvalue weighted by atomic mass is 79.9. The second-order valence-electron chi connectivity index (χ2n) is 3.01. The largest absolute Gasteiger partial charge is 0.455 e. The van der Waals surface area contributed by atoms with E-state index in [0.717, 1.165) is 12.3 Å². The number of alkyl halides is 5. The van der Waals surface area contributed by atoms with Crippen LogP contribution in [0.25, 0.3) is 0 Å². The Kier molecular flexibility index (Phi) is 5.30. The molecule has 0 spiro atoms. The Labute approximate surface area is 108 Å². The van der Waals surface area contributed by atoms with Crippen LogP contribution in [0, 0.1) is 0 Å². The lowest BCUT2D eigenvalue weighted by atomic mass is 10.0. The van der Waals surface area contributed by atoms with Gasteiger partial charge in [-0.3, -0.25) is 0 Å². The SMILES string of the molecule is Cl.N[C@H](c1ccc(Br)nc1)C(F)(F)C(F)(F)F. The summed E-state index contributed by atoms with van der Waals surface area (Å²) in [5.41, 5.74) is 4.50. The quantitative estimate of drug-likeness (QED) is 0.661. The Hall–Kier alpha value is -0.470. The summed E-state index contributed by atoms with van der Waals surface area (Å²) < 4.78 is 61.9. The van der Waals surface area contributed by atoms with Crippen molar-refractivity contribution in [1.29, 1.82) is 0 Å². The summed E-state index contributed by atoms with van der Waals surface area (Å²) in [6.45, 7) is 0. The van der Waals surface area contributed by atoms with Crippen LogP contribution in [0.5, 0.6) is 0 Å². The number of rotatable bonds is 2. The minimum atomic E-state index is -5.68. The number of pyridine rings is 1. The molecule has 0 fully saturated rings. The molecule has 0 unspecified atom stereocenters. The molecule has 0 bridgehead atoms. The van der Waals surface area contributed by atoms with Gasteiger partial charge in [0.15, 0.2) is 0 Å². The summed E-state index contributed by atoms with van der Waals surface area (Å²) in [7, 11) is 0. The van der Waals surface area contributed by atoms with Gasteiger partial charge in [-0.05, 0) is 27.6 Å². The van der Waals surface area contributed by atoms with Gasteiger partial charge in [0.2, 0.25) is 0 Å². The molecule has 1 rings (SSSR count). The van der Waals surface area contributed by atoms with Crippen LogP contribution in [0.3, 0.4) is 0 Å². The molecule has 0 aliphatic rings. The monoisotopic (exact) mass is 340 g/mol. The topological polar surface area (TPSA) is 38.9 Å². The van der Waals surface area contributed by atoms with E-state index in [-0.39, 0.29) is 18.0 Å². The fraction of sp³-hybridized carbons (Fsp3) is 0.375. The Morgan fingerprint density at radius 3 is 2.06 bits per heavy atom. The van der Waals surface area contributed by atoms with Crippen molar-refractivity contribution in [2.75, 3.05) is 0 Å². The molecule has 9 heteroatoms.